The summed E-state index contributed by atoms with van der Waals surface area (Å²) in [6.07, 6.45) is 0. The van der Waals surface area contributed by atoms with E-state index in [1.807, 2.05) is 44.2 Å². The Balaban J connectivity index is 2.47. The lowest BCUT2D eigenvalue weighted by Crippen LogP contribution is -2.22. The van der Waals surface area contributed by atoms with Crippen molar-refractivity contribution in [3.63, 3.8) is 0 Å². The van der Waals surface area contributed by atoms with Crippen LogP contribution >= 0.6 is 11.6 Å². The number of rotatable bonds is 4. The lowest BCUT2D eigenvalue weighted by molar-refractivity contribution is 0.606. The highest BCUT2D eigenvalue weighted by molar-refractivity contribution is 6.31. The van der Waals surface area contributed by atoms with Crippen molar-refractivity contribution >= 4 is 11.6 Å². The normalized spacial score (nSPS) is 12.4. The first-order chi connectivity index (χ1) is 9.52. The molecule has 106 valence electrons. The summed E-state index contributed by atoms with van der Waals surface area (Å²) in [7, 11) is 0. The molecule has 0 amide bonds. The van der Waals surface area contributed by atoms with Gasteiger partial charge in [0.2, 0.25) is 0 Å². The molecule has 1 unspecified atom stereocenters. The fourth-order valence-corrected chi connectivity index (χ4v) is 2.67. The third-order valence-electron chi connectivity index (χ3n) is 3.39. The van der Waals surface area contributed by atoms with E-state index in [4.69, 9.17) is 11.6 Å². The average Bonchev–Trinajstić information content (AvgIpc) is 2.40. The second-order valence-corrected chi connectivity index (χ2v) is 5.43. The molecule has 0 radical (unpaired) electrons. The van der Waals surface area contributed by atoms with Gasteiger partial charge in [0, 0.05) is 5.02 Å². The van der Waals surface area contributed by atoms with Gasteiger partial charge in [-0.25, -0.2) is 4.39 Å². The quantitative estimate of drug-likeness (QED) is 0.853. The third kappa shape index (κ3) is 3.20. The zero-order valence-corrected chi connectivity index (χ0v) is 12.8. The maximum Gasteiger partial charge on any atom is 0.126 e. The van der Waals surface area contributed by atoms with Gasteiger partial charge in [0.15, 0.2) is 0 Å². The smallest absolute Gasteiger partial charge is 0.126 e. The minimum atomic E-state index is -0.181. The molecular weight excluding hydrogens is 273 g/mol. The van der Waals surface area contributed by atoms with Gasteiger partial charge < -0.3 is 5.32 Å². The molecule has 0 aromatic heterocycles. The first kappa shape index (κ1) is 15.0. The summed E-state index contributed by atoms with van der Waals surface area (Å²) in [4.78, 5) is 0. The molecule has 0 saturated carbocycles. The Kier molecular flexibility index (Phi) is 4.79. The van der Waals surface area contributed by atoms with E-state index in [1.165, 1.54) is 6.07 Å². The van der Waals surface area contributed by atoms with Crippen molar-refractivity contribution in [1.29, 1.82) is 0 Å². The van der Waals surface area contributed by atoms with E-state index in [1.54, 1.807) is 6.92 Å². The van der Waals surface area contributed by atoms with Crippen molar-refractivity contribution in [3.8, 4) is 0 Å². The summed E-state index contributed by atoms with van der Waals surface area (Å²) in [5.74, 6) is -0.181. The van der Waals surface area contributed by atoms with Crippen LogP contribution in [0.2, 0.25) is 5.02 Å². The van der Waals surface area contributed by atoms with E-state index in [9.17, 15) is 4.39 Å². The zero-order chi connectivity index (χ0) is 14.7. The Hall–Kier alpha value is -1.38. The van der Waals surface area contributed by atoms with Crippen LogP contribution in [0.15, 0.2) is 36.4 Å². The Morgan fingerprint density at radius 1 is 1.15 bits per heavy atom. The molecule has 20 heavy (non-hydrogen) atoms. The average molecular weight is 292 g/mol. The number of aryl methyl sites for hydroxylation is 2. The molecule has 1 atom stereocenters. The van der Waals surface area contributed by atoms with Crippen LogP contribution in [0.4, 0.5) is 4.39 Å². The predicted molar refractivity (Wildman–Crippen MR) is 82.8 cm³/mol. The van der Waals surface area contributed by atoms with E-state index in [-0.39, 0.29) is 11.9 Å². The predicted octanol–water partition coefficient (Wildman–Crippen LogP) is 4.79. The minimum Gasteiger partial charge on any atom is -0.306 e. The molecule has 2 rings (SSSR count). The molecule has 0 aliphatic heterocycles. The van der Waals surface area contributed by atoms with Gasteiger partial charge in [0.1, 0.15) is 5.82 Å². The zero-order valence-electron chi connectivity index (χ0n) is 12.0. The summed E-state index contributed by atoms with van der Waals surface area (Å²) in [5, 5.41) is 4.15. The lowest BCUT2D eigenvalue weighted by Gasteiger charge is -2.21. The van der Waals surface area contributed by atoms with Crippen LogP contribution < -0.4 is 5.32 Å². The first-order valence-corrected chi connectivity index (χ1v) is 7.16. The number of benzene rings is 2. The number of hydrogen-bond acceptors (Lipinski definition) is 1. The van der Waals surface area contributed by atoms with Gasteiger partial charge in [0.25, 0.3) is 0 Å². The largest absolute Gasteiger partial charge is 0.306 e. The molecular formula is C17H19ClFN. The van der Waals surface area contributed by atoms with Crippen LogP contribution in [-0.4, -0.2) is 6.54 Å². The molecule has 3 heteroatoms. The van der Waals surface area contributed by atoms with Crippen molar-refractivity contribution in [2.75, 3.05) is 6.54 Å². The molecule has 1 N–H and O–H groups in total. The number of nitrogens with one attached hydrogen (secondary N) is 1. The van der Waals surface area contributed by atoms with E-state index in [0.717, 1.165) is 28.3 Å². The van der Waals surface area contributed by atoms with E-state index in [0.29, 0.717) is 5.56 Å². The van der Waals surface area contributed by atoms with Gasteiger partial charge in [-0.2, -0.15) is 0 Å². The fourth-order valence-electron chi connectivity index (χ4n) is 2.33. The van der Waals surface area contributed by atoms with Crippen molar-refractivity contribution in [1.82, 2.24) is 5.32 Å². The molecule has 2 aromatic carbocycles. The van der Waals surface area contributed by atoms with Crippen molar-refractivity contribution in [3.05, 3.63) is 69.5 Å². The van der Waals surface area contributed by atoms with E-state index in [2.05, 4.69) is 5.32 Å². The Morgan fingerprint density at radius 2 is 1.90 bits per heavy atom. The van der Waals surface area contributed by atoms with Crippen LogP contribution in [0, 0.1) is 19.7 Å². The Labute approximate surface area is 124 Å². The Morgan fingerprint density at radius 3 is 2.50 bits per heavy atom. The van der Waals surface area contributed by atoms with E-state index >= 15 is 0 Å². The number of halogens is 2. The summed E-state index contributed by atoms with van der Waals surface area (Å²) in [6, 6.07) is 11.2. The van der Waals surface area contributed by atoms with Crippen LogP contribution in [0.25, 0.3) is 0 Å². The van der Waals surface area contributed by atoms with Crippen molar-refractivity contribution in [2.24, 2.45) is 0 Å². The van der Waals surface area contributed by atoms with Gasteiger partial charge >= 0.3 is 0 Å². The molecule has 0 heterocycles. The lowest BCUT2D eigenvalue weighted by atomic mass is 9.96. The molecule has 0 bridgehead atoms. The standard InChI is InChI=1S/C17H19ClFN/c1-4-20-17(13-6-8-16(19)12(3)10-13)14-7-5-11(2)9-15(14)18/h5-10,17,20H,4H2,1-3H3. The summed E-state index contributed by atoms with van der Waals surface area (Å²) in [5.41, 5.74) is 3.82. The van der Waals surface area contributed by atoms with Crippen LogP contribution in [0.5, 0.6) is 0 Å². The fraction of sp³-hybridized carbons (Fsp3) is 0.294. The van der Waals surface area contributed by atoms with Crippen LogP contribution in [-0.2, 0) is 0 Å². The first-order valence-electron chi connectivity index (χ1n) is 6.78. The maximum atomic E-state index is 13.4. The monoisotopic (exact) mass is 291 g/mol. The summed E-state index contributed by atoms with van der Waals surface area (Å²) in [6.45, 7) is 6.65. The minimum absolute atomic E-state index is 0.0209. The summed E-state index contributed by atoms with van der Waals surface area (Å²) < 4.78 is 13.4. The van der Waals surface area contributed by atoms with Gasteiger partial charge in [-0.05, 0) is 54.8 Å². The highest BCUT2D eigenvalue weighted by atomic mass is 35.5. The van der Waals surface area contributed by atoms with Crippen molar-refractivity contribution < 1.29 is 4.39 Å². The van der Waals surface area contributed by atoms with Crippen LogP contribution in [0.3, 0.4) is 0 Å². The SMILES string of the molecule is CCNC(c1ccc(F)c(C)c1)c1ccc(C)cc1Cl. The second kappa shape index (κ2) is 6.38. The van der Waals surface area contributed by atoms with Crippen molar-refractivity contribution in [2.45, 2.75) is 26.8 Å². The maximum absolute atomic E-state index is 13.4. The molecule has 0 fully saturated rings. The molecule has 2 aromatic rings. The van der Waals surface area contributed by atoms with Crippen LogP contribution in [0.1, 0.15) is 35.2 Å². The molecule has 0 saturated heterocycles. The highest BCUT2D eigenvalue weighted by Gasteiger charge is 2.16. The Bertz CT molecular complexity index is 610. The third-order valence-corrected chi connectivity index (χ3v) is 3.72. The van der Waals surface area contributed by atoms with Gasteiger partial charge in [-0.15, -0.1) is 0 Å². The molecule has 1 nitrogen and oxygen atoms in total. The molecule has 0 aliphatic carbocycles. The van der Waals surface area contributed by atoms with E-state index < -0.39 is 0 Å². The van der Waals surface area contributed by atoms with Gasteiger partial charge in [0.05, 0.1) is 6.04 Å². The second-order valence-electron chi connectivity index (χ2n) is 5.02. The topological polar surface area (TPSA) is 12.0 Å². The number of hydrogen-bond donors (Lipinski definition) is 1. The molecule has 0 aliphatic rings. The van der Waals surface area contributed by atoms with Gasteiger partial charge in [-0.1, -0.05) is 42.8 Å². The molecule has 0 spiro atoms. The van der Waals surface area contributed by atoms with Gasteiger partial charge in [-0.3, -0.25) is 0 Å². The highest BCUT2D eigenvalue weighted by Crippen LogP contribution is 2.30. The summed E-state index contributed by atoms with van der Waals surface area (Å²) >= 11 is 6.37.